The van der Waals surface area contributed by atoms with E-state index in [0.29, 0.717) is 6.42 Å². The van der Waals surface area contributed by atoms with Gasteiger partial charge in [0.05, 0.1) is 5.28 Å². The molecule has 9 heavy (non-hydrogen) atoms. The summed E-state index contributed by atoms with van der Waals surface area (Å²) in [6.07, 6.45) is 0.388. The topological polar surface area (TPSA) is 0 Å². The third kappa shape index (κ3) is 4.70. The van der Waals surface area contributed by atoms with E-state index in [0.717, 1.165) is 0 Å². The van der Waals surface area contributed by atoms with Crippen LogP contribution in [0.3, 0.4) is 0 Å². The van der Waals surface area contributed by atoms with Gasteiger partial charge in [0.1, 0.15) is 0 Å². The van der Waals surface area contributed by atoms with Gasteiger partial charge in [0.25, 0.3) is 0 Å². The fourth-order valence-electron chi connectivity index (χ4n) is 0.553. The van der Waals surface area contributed by atoms with Crippen LogP contribution in [-0.4, -0.2) is 12.5 Å². The van der Waals surface area contributed by atoms with Gasteiger partial charge in [-0.1, -0.05) is 13.8 Å². The fraction of sp³-hybridized carbons (Fsp3) is 1.00. The molecule has 0 nitrogen and oxygen atoms in total. The van der Waals surface area contributed by atoms with Crippen molar-refractivity contribution in [2.75, 3.05) is 0 Å². The smallest absolute Gasteiger partial charge is 0.285 e. The predicted octanol–water partition coefficient (Wildman–Crippen LogP) is 2.61. The molecule has 0 heterocycles. The molecule has 0 aromatic heterocycles. The van der Waals surface area contributed by atoms with Gasteiger partial charge in [-0.25, -0.2) is 0 Å². The third-order valence-electron chi connectivity index (χ3n) is 0.970. The second-order valence-corrected chi connectivity index (χ2v) is 3.04. The lowest BCUT2D eigenvalue weighted by Gasteiger charge is -2.06. The van der Waals surface area contributed by atoms with Crippen molar-refractivity contribution in [1.29, 1.82) is 0 Å². The molecule has 0 saturated heterocycles. The second-order valence-electron chi connectivity index (χ2n) is 2.48. The lowest BCUT2D eigenvalue weighted by molar-refractivity contribution is 0.562. The maximum Gasteiger partial charge on any atom is 0.555 e. The minimum Gasteiger partial charge on any atom is -0.285 e. The first kappa shape index (κ1) is 9.21. The molecule has 0 N–H and O–H groups in total. The van der Waals surface area contributed by atoms with Gasteiger partial charge < -0.3 is 0 Å². The van der Waals surface area contributed by atoms with Crippen LogP contribution in [0.25, 0.3) is 0 Å². The maximum atomic E-state index is 11.7. The average molecular weight is 154 g/mol. The highest BCUT2D eigenvalue weighted by molar-refractivity contribution is 6.58. The Morgan fingerprint density at radius 2 is 1.89 bits per heavy atom. The molecular weight excluding hydrogens is 144 g/mol. The Balaban J connectivity index is 3.38. The van der Waals surface area contributed by atoms with Gasteiger partial charge in [-0.15, -0.1) is 11.6 Å². The lowest BCUT2D eigenvalue weighted by Crippen LogP contribution is -2.17. The van der Waals surface area contributed by atoms with Gasteiger partial charge in [-0.2, -0.15) is 0 Å². The zero-order valence-electron chi connectivity index (χ0n) is 5.57. The van der Waals surface area contributed by atoms with Crippen molar-refractivity contribution in [3.63, 3.8) is 0 Å². The predicted molar refractivity (Wildman–Crippen MR) is 37.1 cm³/mol. The van der Waals surface area contributed by atoms with Crippen LogP contribution in [0.2, 0.25) is 0 Å². The molecule has 1 atom stereocenters. The van der Waals surface area contributed by atoms with E-state index in [1.165, 1.54) is 0 Å². The average Bonchev–Trinajstić information content (AvgIpc) is 1.63. The zero-order valence-corrected chi connectivity index (χ0v) is 6.33. The molecule has 0 saturated carbocycles. The van der Waals surface area contributed by atoms with Crippen LogP contribution in [0.1, 0.15) is 20.3 Å². The molecule has 0 aliphatic heterocycles. The minimum atomic E-state index is -2.38. The standard InChI is InChI=1S/C5H10BClF2/c1-4(2)3-5(7)6(8)9/h4-5H,3H2,1-2H3. The summed E-state index contributed by atoms with van der Waals surface area (Å²) in [4.78, 5) is 0. The molecule has 0 fully saturated rings. The van der Waals surface area contributed by atoms with Crippen LogP contribution in [0.15, 0.2) is 0 Å². The third-order valence-corrected chi connectivity index (χ3v) is 1.34. The van der Waals surface area contributed by atoms with Gasteiger partial charge in [0, 0.05) is 0 Å². The van der Waals surface area contributed by atoms with E-state index in [1.807, 2.05) is 13.8 Å². The van der Waals surface area contributed by atoms with Gasteiger partial charge in [-0.3, -0.25) is 8.63 Å². The van der Waals surface area contributed by atoms with E-state index >= 15 is 0 Å². The van der Waals surface area contributed by atoms with Gasteiger partial charge in [0.2, 0.25) is 0 Å². The molecule has 1 unspecified atom stereocenters. The number of alkyl halides is 1. The van der Waals surface area contributed by atoms with Crippen molar-refractivity contribution in [2.45, 2.75) is 25.5 Å². The van der Waals surface area contributed by atoms with E-state index in [1.54, 1.807) is 0 Å². The van der Waals surface area contributed by atoms with Crippen LogP contribution in [-0.2, 0) is 0 Å². The monoisotopic (exact) mass is 154 g/mol. The SMILES string of the molecule is CC(C)CC(Cl)B(F)F. The van der Waals surface area contributed by atoms with Crippen LogP contribution in [0.4, 0.5) is 8.63 Å². The van der Waals surface area contributed by atoms with Crippen molar-refractivity contribution < 1.29 is 8.63 Å². The fourth-order valence-corrected chi connectivity index (χ4v) is 0.910. The van der Waals surface area contributed by atoms with Gasteiger partial charge >= 0.3 is 7.27 Å². The van der Waals surface area contributed by atoms with Gasteiger partial charge in [-0.05, 0) is 12.3 Å². The summed E-state index contributed by atoms with van der Waals surface area (Å²) in [6, 6.07) is 0. The minimum absolute atomic E-state index is 0.251. The number of rotatable bonds is 3. The summed E-state index contributed by atoms with van der Waals surface area (Å²) in [5, 5.41) is -0.968. The molecule has 0 bridgehead atoms. The Hall–Kier alpha value is 0.215. The normalized spacial score (nSPS) is 14.0. The summed E-state index contributed by atoms with van der Waals surface area (Å²) in [5.74, 6) is 0.251. The van der Waals surface area contributed by atoms with Crippen molar-refractivity contribution in [3.8, 4) is 0 Å². The summed E-state index contributed by atoms with van der Waals surface area (Å²) in [6.45, 7) is 3.75. The molecule has 0 aliphatic rings. The van der Waals surface area contributed by atoms with Crippen LogP contribution < -0.4 is 0 Å². The van der Waals surface area contributed by atoms with Crippen molar-refractivity contribution >= 4 is 18.9 Å². The van der Waals surface area contributed by atoms with Crippen LogP contribution in [0.5, 0.6) is 0 Å². The Kier molecular flexibility index (Phi) is 4.20. The molecular formula is C5H10BClF2. The summed E-state index contributed by atoms with van der Waals surface area (Å²) >= 11 is 5.26. The van der Waals surface area contributed by atoms with Gasteiger partial charge in [0.15, 0.2) is 0 Å². The van der Waals surface area contributed by atoms with Crippen molar-refractivity contribution in [2.24, 2.45) is 5.92 Å². The Morgan fingerprint density at radius 3 is 2.00 bits per heavy atom. The molecule has 4 heteroatoms. The van der Waals surface area contributed by atoms with E-state index in [4.69, 9.17) is 11.6 Å². The maximum absolute atomic E-state index is 11.7. The molecule has 0 aromatic rings. The molecule has 0 aliphatic carbocycles. The van der Waals surface area contributed by atoms with Crippen LogP contribution in [0, 0.1) is 5.92 Å². The Morgan fingerprint density at radius 1 is 1.44 bits per heavy atom. The molecule has 0 amide bonds. The molecule has 0 aromatic carbocycles. The highest BCUT2D eigenvalue weighted by Crippen LogP contribution is 2.14. The number of hydrogen-bond donors (Lipinski definition) is 0. The number of halogens is 3. The quantitative estimate of drug-likeness (QED) is 0.433. The molecule has 54 valence electrons. The van der Waals surface area contributed by atoms with E-state index < -0.39 is 12.5 Å². The van der Waals surface area contributed by atoms with Crippen LogP contribution >= 0.6 is 11.6 Å². The van der Waals surface area contributed by atoms with Crippen molar-refractivity contribution in [1.82, 2.24) is 0 Å². The zero-order chi connectivity index (χ0) is 7.44. The first-order valence-corrected chi connectivity index (χ1v) is 3.40. The summed E-state index contributed by atoms with van der Waals surface area (Å²) < 4.78 is 23.3. The summed E-state index contributed by atoms with van der Waals surface area (Å²) in [5.41, 5.74) is 0. The Bertz CT molecular complexity index is 77.4. The first-order chi connectivity index (χ1) is 4.04. The van der Waals surface area contributed by atoms with E-state index in [9.17, 15) is 8.63 Å². The van der Waals surface area contributed by atoms with E-state index in [2.05, 4.69) is 0 Å². The molecule has 0 spiro atoms. The van der Waals surface area contributed by atoms with Crippen molar-refractivity contribution in [3.05, 3.63) is 0 Å². The highest BCUT2D eigenvalue weighted by Gasteiger charge is 2.25. The molecule has 0 radical (unpaired) electrons. The first-order valence-electron chi connectivity index (χ1n) is 2.96. The number of hydrogen-bond acceptors (Lipinski definition) is 0. The largest absolute Gasteiger partial charge is 0.555 e. The Labute approximate surface area is 59.8 Å². The molecule has 0 rings (SSSR count). The second kappa shape index (κ2) is 4.10. The highest BCUT2D eigenvalue weighted by atomic mass is 35.5. The lowest BCUT2D eigenvalue weighted by atomic mass is 9.86. The summed E-state index contributed by atoms with van der Waals surface area (Å²) in [7, 11) is -2.38. The van der Waals surface area contributed by atoms with E-state index in [-0.39, 0.29) is 5.92 Å².